The van der Waals surface area contributed by atoms with Crippen LogP contribution in [0.1, 0.15) is 25.7 Å². The van der Waals surface area contributed by atoms with E-state index in [-0.39, 0.29) is 11.8 Å². The van der Waals surface area contributed by atoms with Crippen molar-refractivity contribution in [2.45, 2.75) is 37.9 Å². The molecule has 7 heteroatoms. The number of likely N-dealkylation sites (tertiary alicyclic amines) is 1. The van der Waals surface area contributed by atoms with E-state index in [9.17, 15) is 18.0 Å². The molecule has 2 saturated heterocycles. The number of nitrogens with zero attached hydrogens (tertiary/aromatic N) is 1. The Morgan fingerprint density at radius 3 is 2.75 bits per heavy atom. The van der Waals surface area contributed by atoms with Gasteiger partial charge in [-0.3, -0.25) is 9.69 Å². The first-order valence-electron chi connectivity index (χ1n) is 7.12. The molecule has 0 aromatic rings. The highest BCUT2D eigenvalue weighted by atomic mass is 19.4. The lowest BCUT2D eigenvalue weighted by atomic mass is 10.0. The average molecular weight is 294 g/mol. The van der Waals surface area contributed by atoms with Gasteiger partial charge in [-0.05, 0) is 38.1 Å². The van der Waals surface area contributed by atoms with Crippen LogP contribution in [0.15, 0.2) is 0 Å². The van der Waals surface area contributed by atoms with Crippen LogP contribution in [0.25, 0.3) is 0 Å². The first kappa shape index (κ1) is 15.6. The van der Waals surface area contributed by atoms with Crippen molar-refractivity contribution in [3.63, 3.8) is 0 Å². The monoisotopic (exact) mass is 294 g/mol. The minimum atomic E-state index is -4.25. The van der Waals surface area contributed by atoms with Gasteiger partial charge in [0.2, 0.25) is 5.91 Å². The maximum absolute atomic E-state index is 12.4. The summed E-state index contributed by atoms with van der Waals surface area (Å²) in [6, 6.07) is -0.638. The molecule has 0 aromatic heterocycles. The lowest BCUT2D eigenvalue weighted by Crippen LogP contribution is -2.47. The second-order valence-corrected chi connectivity index (χ2v) is 5.57. The maximum atomic E-state index is 12.4. The second kappa shape index (κ2) is 6.76. The van der Waals surface area contributed by atoms with Crippen LogP contribution >= 0.6 is 0 Å². The third kappa shape index (κ3) is 4.63. The predicted octanol–water partition coefficient (Wildman–Crippen LogP) is 1.56. The van der Waals surface area contributed by atoms with Crippen LogP contribution in [0.2, 0.25) is 0 Å². The summed E-state index contributed by atoms with van der Waals surface area (Å²) in [5, 5.41) is 2.78. The maximum Gasteiger partial charge on any atom is 0.401 e. The highest BCUT2D eigenvalue weighted by molar-refractivity contribution is 5.82. The molecule has 0 unspecified atom stereocenters. The third-order valence-electron chi connectivity index (χ3n) is 3.87. The van der Waals surface area contributed by atoms with Crippen molar-refractivity contribution < 1.29 is 22.7 Å². The van der Waals surface area contributed by atoms with Gasteiger partial charge in [0.25, 0.3) is 0 Å². The third-order valence-corrected chi connectivity index (χ3v) is 3.87. The first-order valence-corrected chi connectivity index (χ1v) is 7.12. The topological polar surface area (TPSA) is 41.6 Å². The molecule has 0 radical (unpaired) electrons. The zero-order valence-electron chi connectivity index (χ0n) is 11.4. The van der Waals surface area contributed by atoms with Gasteiger partial charge in [0.1, 0.15) is 0 Å². The molecule has 1 amide bonds. The van der Waals surface area contributed by atoms with Crippen LogP contribution in [-0.4, -0.2) is 55.9 Å². The fourth-order valence-corrected chi connectivity index (χ4v) is 2.87. The van der Waals surface area contributed by atoms with Gasteiger partial charge < -0.3 is 10.1 Å². The minimum absolute atomic E-state index is 0.280. The molecule has 2 heterocycles. The fraction of sp³-hybridized carbons (Fsp3) is 0.923. The molecule has 0 bridgehead atoms. The number of hydrogen-bond acceptors (Lipinski definition) is 3. The fourth-order valence-electron chi connectivity index (χ4n) is 2.87. The Labute approximate surface area is 116 Å². The van der Waals surface area contributed by atoms with Crippen LogP contribution in [-0.2, 0) is 9.53 Å². The van der Waals surface area contributed by atoms with Crippen molar-refractivity contribution in [3.05, 3.63) is 0 Å². The van der Waals surface area contributed by atoms with E-state index in [0.29, 0.717) is 32.5 Å². The molecule has 2 aliphatic rings. The summed E-state index contributed by atoms with van der Waals surface area (Å²) in [6.07, 6.45) is -1.13. The normalized spacial score (nSPS) is 28.6. The van der Waals surface area contributed by atoms with Gasteiger partial charge in [-0.15, -0.1) is 0 Å². The molecule has 0 aliphatic carbocycles. The molecule has 0 aromatic carbocycles. The molecule has 2 aliphatic heterocycles. The Morgan fingerprint density at radius 1 is 1.30 bits per heavy atom. The van der Waals surface area contributed by atoms with Gasteiger partial charge in [-0.25, -0.2) is 0 Å². The second-order valence-electron chi connectivity index (χ2n) is 5.57. The molecule has 1 N–H and O–H groups in total. The number of carbonyl (C=O) groups is 1. The molecule has 2 fully saturated rings. The van der Waals surface area contributed by atoms with Crippen molar-refractivity contribution in [2.75, 3.05) is 32.8 Å². The van der Waals surface area contributed by atoms with E-state index >= 15 is 0 Å². The van der Waals surface area contributed by atoms with Gasteiger partial charge in [-0.1, -0.05) is 0 Å². The minimum Gasteiger partial charge on any atom is -0.381 e. The average Bonchev–Trinajstić information content (AvgIpc) is 2.83. The van der Waals surface area contributed by atoms with E-state index in [2.05, 4.69) is 5.32 Å². The van der Waals surface area contributed by atoms with E-state index in [1.54, 1.807) is 0 Å². The van der Waals surface area contributed by atoms with E-state index in [1.165, 1.54) is 4.90 Å². The zero-order valence-corrected chi connectivity index (χ0v) is 11.4. The van der Waals surface area contributed by atoms with Crippen LogP contribution in [0.3, 0.4) is 0 Å². The first-order chi connectivity index (χ1) is 9.46. The Balaban J connectivity index is 1.78. The molecule has 2 atom stereocenters. The molecule has 20 heavy (non-hydrogen) atoms. The molecule has 116 valence electrons. The molecule has 0 saturated carbocycles. The summed E-state index contributed by atoms with van der Waals surface area (Å²) in [6.45, 7) is 1.21. The lowest BCUT2D eigenvalue weighted by Gasteiger charge is -2.26. The summed E-state index contributed by atoms with van der Waals surface area (Å²) in [7, 11) is 0. The number of rotatable bonds is 4. The van der Waals surface area contributed by atoms with Crippen LogP contribution in [0.4, 0.5) is 13.2 Å². The summed E-state index contributed by atoms with van der Waals surface area (Å²) < 4.78 is 42.6. The summed E-state index contributed by atoms with van der Waals surface area (Å²) in [5.41, 5.74) is 0. The number of hydrogen-bond donors (Lipinski definition) is 1. The molecule has 4 nitrogen and oxygen atoms in total. The summed E-state index contributed by atoms with van der Waals surface area (Å²) in [5.74, 6) is 0.00231. The van der Waals surface area contributed by atoms with Crippen LogP contribution < -0.4 is 5.32 Å². The number of carbonyl (C=O) groups excluding carboxylic acids is 1. The van der Waals surface area contributed by atoms with Gasteiger partial charge in [-0.2, -0.15) is 13.2 Å². The van der Waals surface area contributed by atoms with E-state index < -0.39 is 18.8 Å². The van der Waals surface area contributed by atoms with Gasteiger partial charge >= 0.3 is 6.18 Å². The number of amides is 1. The van der Waals surface area contributed by atoms with Gasteiger partial charge in [0.05, 0.1) is 19.2 Å². The molecular formula is C13H21F3N2O2. The van der Waals surface area contributed by atoms with E-state index in [1.807, 2.05) is 0 Å². The Hall–Kier alpha value is -0.820. The van der Waals surface area contributed by atoms with Gasteiger partial charge in [0, 0.05) is 13.2 Å². The Kier molecular flexibility index (Phi) is 5.26. The Morgan fingerprint density at radius 2 is 2.10 bits per heavy atom. The number of halogens is 3. The molecular weight excluding hydrogens is 273 g/mol. The highest BCUT2D eigenvalue weighted by Gasteiger charge is 2.38. The summed E-state index contributed by atoms with van der Waals surface area (Å²) in [4.78, 5) is 13.3. The standard InChI is InChI=1S/C13H21F3N2O2/c14-13(15,16)9-18-5-1-4-11(18)12(19)17-7-10-3-2-6-20-8-10/h10-11H,1-9H2,(H,17,19)/t10-,11-/m0/s1. The van der Waals surface area contributed by atoms with Crippen molar-refractivity contribution in [1.82, 2.24) is 10.2 Å². The van der Waals surface area contributed by atoms with E-state index in [0.717, 1.165) is 19.4 Å². The quantitative estimate of drug-likeness (QED) is 0.855. The predicted molar refractivity (Wildman–Crippen MR) is 67.2 cm³/mol. The lowest BCUT2D eigenvalue weighted by molar-refractivity contribution is -0.151. The zero-order chi connectivity index (χ0) is 14.6. The van der Waals surface area contributed by atoms with Crippen molar-refractivity contribution in [1.29, 1.82) is 0 Å². The van der Waals surface area contributed by atoms with Crippen molar-refractivity contribution in [3.8, 4) is 0 Å². The smallest absolute Gasteiger partial charge is 0.381 e. The highest BCUT2D eigenvalue weighted by Crippen LogP contribution is 2.24. The van der Waals surface area contributed by atoms with Crippen LogP contribution in [0, 0.1) is 5.92 Å². The Bertz CT molecular complexity index is 330. The summed E-state index contributed by atoms with van der Waals surface area (Å²) >= 11 is 0. The largest absolute Gasteiger partial charge is 0.401 e. The van der Waals surface area contributed by atoms with E-state index in [4.69, 9.17) is 4.74 Å². The molecule has 2 rings (SSSR count). The number of nitrogens with one attached hydrogen (secondary N) is 1. The number of ether oxygens (including phenoxy) is 1. The van der Waals surface area contributed by atoms with Crippen molar-refractivity contribution in [2.24, 2.45) is 5.92 Å². The number of alkyl halides is 3. The van der Waals surface area contributed by atoms with Crippen molar-refractivity contribution >= 4 is 5.91 Å². The van der Waals surface area contributed by atoms with Crippen LogP contribution in [0.5, 0.6) is 0 Å². The molecule has 0 spiro atoms. The SMILES string of the molecule is O=C(NC[C@@H]1CCCOC1)[C@@H]1CCCN1CC(F)(F)F. The van der Waals surface area contributed by atoms with Gasteiger partial charge in [0.15, 0.2) is 0 Å².